The number of carbonyl (C=O) groups is 1. The van der Waals surface area contributed by atoms with Gasteiger partial charge in [0.2, 0.25) is 0 Å². The average Bonchev–Trinajstić information content (AvgIpc) is 3.29. The summed E-state index contributed by atoms with van der Waals surface area (Å²) in [6, 6.07) is 12.4. The van der Waals surface area contributed by atoms with Crippen LogP contribution in [0.1, 0.15) is 28.0 Å². The Morgan fingerprint density at radius 1 is 1.07 bits per heavy atom. The lowest BCUT2D eigenvalue weighted by molar-refractivity contribution is 0.0766. The van der Waals surface area contributed by atoms with E-state index in [0.29, 0.717) is 11.6 Å². The fraction of sp³-hybridized carbons (Fsp3) is 0.273. The number of fused-ring (bicyclic) bond motifs is 1. The van der Waals surface area contributed by atoms with Crippen molar-refractivity contribution in [1.82, 2.24) is 19.9 Å². The van der Waals surface area contributed by atoms with Gasteiger partial charge in [-0.1, -0.05) is 29.8 Å². The number of rotatable bonds is 3. The highest BCUT2D eigenvalue weighted by atomic mass is 16.2. The van der Waals surface area contributed by atoms with Gasteiger partial charge < -0.3 is 4.90 Å². The Labute approximate surface area is 158 Å². The van der Waals surface area contributed by atoms with E-state index in [1.54, 1.807) is 30.9 Å². The van der Waals surface area contributed by atoms with E-state index in [9.17, 15) is 4.79 Å². The number of likely N-dealkylation sites (tertiary alicyclic amines) is 1. The van der Waals surface area contributed by atoms with E-state index in [2.05, 4.69) is 46.1 Å². The van der Waals surface area contributed by atoms with Crippen molar-refractivity contribution in [3.63, 3.8) is 0 Å². The summed E-state index contributed by atoms with van der Waals surface area (Å²) in [6.07, 6.45) is 7.85. The molecular weight excluding hydrogens is 336 g/mol. The summed E-state index contributed by atoms with van der Waals surface area (Å²) in [7, 11) is 0. The predicted octanol–water partition coefficient (Wildman–Crippen LogP) is 3.26. The van der Waals surface area contributed by atoms with Gasteiger partial charge in [0.1, 0.15) is 5.69 Å². The second kappa shape index (κ2) is 5.98. The van der Waals surface area contributed by atoms with Gasteiger partial charge in [0.25, 0.3) is 5.91 Å². The molecule has 0 bridgehead atoms. The smallest absolute Gasteiger partial charge is 0.272 e. The molecule has 27 heavy (non-hydrogen) atoms. The molecule has 5 nitrogen and oxygen atoms in total. The summed E-state index contributed by atoms with van der Waals surface area (Å²) in [5.74, 6) is 0.586. The van der Waals surface area contributed by atoms with Crippen LogP contribution in [0.4, 0.5) is 0 Å². The molecule has 3 heterocycles. The Morgan fingerprint density at radius 3 is 2.63 bits per heavy atom. The van der Waals surface area contributed by atoms with E-state index < -0.39 is 0 Å². The largest absolute Gasteiger partial charge is 0.336 e. The van der Waals surface area contributed by atoms with E-state index in [1.807, 2.05) is 11.0 Å². The highest BCUT2D eigenvalue weighted by Gasteiger charge is 2.61. The third kappa shape index (κ3) is 2.70. The summed E-state index contributed by atoms with van der Waals surface area (Å²) in [5, 5.41) is 0. The maximum Gasteiger partial charge on any atom is 0.272 e. The predicted molar refractivity (Wildman–Crippen MR) is 102 cm³/mol. The number of pyridine rings is 1. The molecule has 2 atom stereocenters. The number of benzene rings is 1. The van der Waals surface area contributed by atoms with Crippen LogP contribution in [-0.2, 0) is 5.41 Å². The number of aryl methyl sites for hydroxylation is 1. The summed E-state index contributed by atoms with van der Waals surface area (Å²) < 4.78 is 0. The number of aromatic nitrogens is 3. The van der Waals surface area contributed by atoms with Crippen LogP contribution in [0.5, 0.6) is 0 Å². The zero-order chi connectivity index (χ0) is 18.4. The lowest BCUT2D eigenvalue weighted by Crippen LogP contribution is -2.33. The van der Waals surface area contributed by atoms with Gasteiger partial charge in [-0.25, -0.2) is 0 Å². The van der Waals surface area contributed by atoms with Crippen molar-refractivity contribution >= 4 is 5.91 Å². The fourth-order valence-corrected chi connectivity index (χ4v) is 4.25. The fourth-order valence-electron chi connectivity index (χ4n) is 4.25. The van der Waals surface area contributed by atoms with Crippen LogP contribution < -0.4 is 0 Å². The molecule has 1 saturated heterocycles. The molecule has 2 aliphatic rings. The van der Waals surface area contributed by atoms with Crippen LogP contribution in [0.25, 0.3) is 11.3 Å². The van der Waals surface area contributed by atoms with Gasteiger partial charge in [-0.3, -0.25) is 19.7 Å². The van der Waals surface area contributed by atoms with Gasteiger partial charge in [-0.15, -0.1) is 0 Å². The van der Waals surface area contributed by atoms with Crippen LogP contribution in [-0.4, -0.2) is 38.8 Å². The SMILES string of the molecule is Cc1ccc([C@]23C[C@H]2CN(C(=O)c2ccc(-c4cnccn4)cn2)C3)cc1. The molecule has 1 aliphatic carbocycles. The normalized spacial score (nSPS) is 23.1. The van der Waals surface area contributed by atoms with E-state index in [1.165, 1.54) is 17.5 Å². The molecule has 1 aliphatic heterocycles. The van der Waals surface area contributed by atoms with Gasteiger partial charge in [-0.05, 0) is 37.0 Å². The number of carbonyl (C=O) groups excluding carboxylic acids is 1. The van der Waals surface area contributed by atoms with Crippen molar-refractivity contribution < 1.29 is 4.79 Å². The molecular formula is C22H20N4O. The molecule has 2 fully saturated rings. The van der Waals surface area contributed by atoms with Crippen LogP contribution in [0.3, 0.4) is 0 Å². The quantitative estimate of drug-likeness (QED) is 0.723. The molecule has 3 aromatic rings. The molecule has 0 unspecified atom stereocenters. The van der Waals surface area contributed by atoms with Crippen molar-refractivity contribution in [3.8, 4) is 11.3 Å². The van der Waals surface area contributed by atoms with Gasteiger partial charge in [-0.2, -0.15) is 0 Å². The number of amides is 1. The zero-order valence-electron chi connectivity index (χ0n) is 15.2. The van der Waals surface area contributed by atoms with Crippen molar-refractivity contribution in [1.29, 1.82) is 0 Å². The van der Waals surface area contributed by atoms with E-state index in [-0.39, 0.29) is 11.3 Å². The molecule has 134 valence electrons. The monoisotopic (exact) mass is 356 g/mol. The van der Waals surface area contributed by atoms with Gasteiger partial charge in [0, 0.05) is 42.7 Å². The third-order valence-electron chi connectivity index (χ3n) is 5.90. The van der Waals surface area contributed by atoms with E-state index in [0.717, 1.165) is 24.3 Å². The van der Waals surface area contributed by atoms with Crippen LogP contribution >= 0.6 is 0 Å². The van der Waals surface area contributed by atoms with Crippen molar-refractivity contribution in [2.45, 2.75) is 18.8 Å². The lowest BCUT2D eigenvalue weighted by Gasteiger charge is -2.21. The van der Waals surface area contributed by atoms with E-state index in [4.69, 9.17) is 0 Å². The number of hydrogen-bond acceptors (Lipinski definition) is 4. The highest BCUT2D eigenvalue weighted by molar-refractivity contribution is 5.93. The number of piperidine rings is 1. The Kier molecular flexibility index (Phi) is 3.57. The van der Waals surface area contributed by atoms with Crippen molar-refractivity contribution in [3.05, 3.63) is 78.0 Å². The minimum Gasteiger partial charge on any atom is -0.336 e. The maximum atomic E-state index is 12.9. The minimum atomic E-state index is 0.0133. The molecule has 5 heteroatoms. The Balaban J connectivity index is 1.33. The first-order valence-corrected chi connectivity index (χ1v) is 9.25. The summed E-state index contributed by atoms with van der Waals surface area (Å²) in [5.41, 5.74) is 4.89. The standard InChI is InChI=1S/C22H20N4O/c1-15-2-5-17(6-3-15)22-10-18(22)13-26(14-22)21(27)19-7-4-16(11-25-19)20-12-23-8-9-24-20/h2-9,11-12,18H,10,13-14H2,1H3/t18-,22+/m0/s1. The molecule has 0 spiro atoms. The summed E-state index contributed by atoms with van der Waals surface area (Å²) in [6.45, 7) is 3.71. The van der Waals surface area contributed by atoms with Gasteiger partial charge in [0.15, 0.2) is 0 Å². The third-order valence-corrected chi connectivity index (χ3v) is 5.90. The molecule has 0 N–H and O–H groups in total. The molecule has 1 saturated carbocycles. The minimum absolute atomic E-state index is 0.0133. The lowest BCUT2D eigenvalue weighted by atomic mass is 9.94. The maximum absolute atomic E-state index is 12.9. The average molecular weight is 356 g/mol. The van der Waals surface area contributed by atoms with Gasteiger partial charge >= 0.3 is 0 Å². The Hall–Kier alpha value is -3.08. The second-order valence-corrected chi connectivity index (χ2v) is 7.63. The summed E-state index contributed by atoms with van der Waals surface area (Å²) in [4.78, 5) is 27.6. The second-order valence-electron chi connectivity index (χ2n) is 7.63. The van der Waals surface area contributed by atoms with E-state index >= 15 is 0 Å². The summed E-state index contributed by atoms with van der Waals surface area (Å²) >= 11 is 0. The first-order valence-electron chi connectivity index (χ1n) is 9.25. The Morgan fingerprint density at radius 2 is 1.93 bits per heavy atom. The zero-order valence-corrected chi connectivity index (χ0v) is 15.2. The van der Waals surface area contributed by atoms with Crippen molar-refractivity contribution in [2.24, 2.45) is 5.92 Å². The highest BCUT2D eigenvalue weighted by Crippen LogP contribution is 2.59. The molecule has 1 amide bonds. The Bertz CT molecular complexity index is 985. The van der Waals surface area contributed by atoms with Crippen molar-refractivity contribution in [2.75, 3.05) is 13.1 Å². The topological polar surface area (TPSA) is 59.0 Å². The number of nitrogens with zero attached hydrogens (tertiary/aromatic N) is 4. The van der Waals surface area contributed by atoms with Gasteiger partial charge in [0.05, 0.1) is 11.9 Å². The number of hydrogen-bond donors (Lipinski definition) is 0. The molecule has 0 radical (unpaired) electrons. The molecule has 5 rings (SSSR count). The van der Waals surface area contributed by atoms with Crippen LogP contribution in [0, 0.1) is 12.8 Å². The van der Waals surface area contributed by atoms with Crippen LogP contribution in [0.2, 0.25) is 0 Å². The first-order chi connectivity index (χ1) is 13.2. The molecule has 1 aromatic carbocycles. The molecule has 2 aromatic heterocycles. The van der Waals surface area contributed by atoms with Crippen LogP contribution in [0.15, 0.2) is 61.2 Å². The first kappa shape index (κ1) is 16.1.